The van der Waals surface area contributed by atoms with Gasteiger partial charge >= 0.3 is 0 Å². The summed E-state index contributed by atoms with van der Waals surface area (Å²) in [4.78, 5) is 29.7. The molecule has 1 N–H and O–H groups in total. The SMILES string of the molecule is CCCCc1nc(Cl)c(CCC(=O)COCC(=O)CCCOCCOCCOCCOC)n1Cc1ccc(-c2ccccc2-c2nn[nH]n2)cc1. The second-order valence-corrected chi connectivity index (χ2v) is 12.3. The Morgan fingerprint density at radius 1 is 0.784 bits per heavy atom. The van der Waals surface area contributed by atoms with Crippen molar-refractivity contribution >= 4 is 23.2 Å². The lowest BCUT2D eigenvalue weighted by Gasteiger charge is -2.13. The van der Waals surface area contributed by atoms with E-state index in [1.165, 1.54) is 0 Å². The first kappa shape index (κ1) is 39.9. The molecule has 4 aromatic rings. The molecule has 0 saturated carbocycles. The van der Waals surface area contributed by atoms with Crippen LogP contribution in [-0.2, 0) is 52.7 Å². The molecule has 13 nitrogen and oxygen atoms in total. The molecule has 0 aliphatic heterocycles. The third-order valence-corrected chi connectivity index (χ3v) is 8.37. The minimum Gasteiger partial charge on any atom is -0.382 e. The van der Waals surface area contributed by atoms with Crippen LogP contribution in [0, 0.1) is 0 Å². The maximum absolute atomic E-state index is 12.7. The number of rotatable bonds is 27. The number of aryl methyl sites for hydroxylation is 1. The summed E-state index contributed by atoms with van der Waals surface area (Å²) < 4.78 is 28.7. The van der Waals surface area contributed by atoms with Crippen molar-refractivity contribution in [2.75, 3.05) is 66.6 Å². The van der Waals surface area contributed by atoms with E-state index >= 15 is 0 Å². The van der Waals surface area contributed by atoms with Crippen molar-refractivity contribution in [2.45, 2.75) is 58.4 Å². The molecule has 0 aliphatic carbocycles. The average molecular weight is 725 g/mol. The summed E-state index contributed by atoms with van der Waals surface area (Å²) in [5.41, 5.74) is 4.83. The minimum atomic E-state index is -0.129. The first-order chi connectivity index (χ1) is 25.0. The lowest BCUT2D eigenvalue weighted by Crippen LogP contribution is -2.17. The Morgan fingerprint density at radius 2 is 1.45 bits per heavy atom. The maximum Gasteiger partial charge on any atom is 0.205 e. The fourth-order valence-corrected chi connectivity index (χ4v) is 5.66. The molecule has 0 atom stereocenters. The maximum atomic E-state index is 12.7. The topological polar surface area (TPSA) is 153 Å². The van der Waals surface area contributed by atoms with Crippen LogP contribution < -0.4 is 0 Å². The van der Waals surface area contributed by atoms with E-state index < -0.39 is 0 Å². The van der Waals surface area contributed by atoms with Gasteiger partial charge in [-0.3, -0.25) is 9.59 Å². The van der Waals surface area contributed by atoms with Crippen molar-refractivity contribution in [3.8, 4) is 22.5 Å². The molecule has 4 rings (SSSR count). The van der Waals surface area contributed by atoms with Crippen LogP contribution in [-0.4, -0.2) is 108 Å². The number of imidazole rings is 1. The third kappa shape index (κ3) is 13.7. The quantitative estimate of drug-likeness (QED) is 0.0794. The summed E-state index contributed by atoms with van der Waals surface area (Å²) in [7, 11) is 1.63. The van der Waals surface area contributed by atoms with E-state index in [1.54, 1.807) is 7.11 Å². The average Bonchev–Trinajstić information content (AvgIpc) is 3.78. The molecule has 0 unspecified atom stereocenters. The van der Waals surface area contributed by atoms with Gasteiger partial charge in [-0.05, 0) is 41.2 Å². The van der Waals surface area contributed by atoms with Gasteiger partial charge in [0.1, 0.15) is 19.0 Å². The summed E-state index contributed by atoms with van der Waals surface area (Å²) in [6.07, 6.45) is 4.35. The number of ketones is 2. The molecule has 51 heavy (non-hydrogen) atoms. The Balaban J connectivity index is 1.21. The normalized spacial score (nSPS) is 11.4. The van der Waals surface area contributed by atoms with Crippen LogP contribution in [0.25, 0.3) is 22.5 Å². The van der Waals surface area contributed by atoms with Crippen molar-refractivity contribution in [3.63, 3.8) is 0 Å². The summed E-state index contributed by atoms with van der Waals surface area (Å²) in [6.45, 7) is 5.95. The highest BCUT2D eigenvalue weighted by Gasteiger charge is 2.18. The van der Waals surface area contributed by atoms with Gasteiger partial charge in [-0.1, -0.05) is 73.5 Å². The van der Waals surface area contributed by atoms with E-state index in [1.807, 2.05) is 24.3 Å². The molecule has 0 radical (unpaired) electrons. The van der Waals surface area contributed by atoms with E-state index in [0.29, 0.717) is 83.0 Å². The lowest BCUT2D eigenvalue weighted by molar-refractivity contribution is -0.128. The Morgan fingerprint density at radius 3 is 2.12 bits per heavy atom. The molecular weight excluding hydrogens is 676 g/mol. The number of nitrogens with one attached hydrogen (secondary N) is 1. The first-order valence-corrected chi connectivity index (χ1v) is 17.9. The number of aromatic amines is 1. The highest BCUT2D eigenvalue weighted by molar-refractivity contribution is 6.30. The zero-order valence-corrected chi connectivity index (χ0v) is 30.4. The van der Waals surface area contributed by atoms with Gasteiger partial charge in [0.05, 0.1) is 45.3 Å². The van der Waals surface area contributed by atoms with Gasteiger partial charge < -0.3 is 28.3 Å². The lowest BCUT2D eigenvalue weighted by atomic mass is 9.98. The van der Waals surface area contributed by atoms with Crippen molar-refractivity contribution in [3.05, 3.63) is 70.8 Å². The van der Waals surface area contributed by atoms with Gasteiger partial charge in [0, 0.05) is 45.1 Å². The van der Waals surface area contributed by atoms with E-state index in [-0.39, 0.29) is 31.2 Å². The van der Waals surface area contributed by atoms with Gasteiger partial charge in [0.15, 0.2) is 16.7 Å². The predicted molar refractivity (Wildman–Crippen MR) is 193 cm³/mol. The number of H-pyrrole nitrogens is 1. The second-order valence-electron chi connectivity index (χ2n) is 11.9. The Hall–Kier alpha value is -3.85. The number of aromatic nitrogens is 6. The van der Waals surface area contributed by atoms with Gasteiger partial charge in [0.25, 0.3) is 0 Å². The molecule has 2 aromatic heterocycles. The largest absolute Gasteiger partial charge is 0.382 e. The van der Waals surface area contributed by atoms with E-state index in [2.05, 4.69) is 61.4 Å². The van der Waals surface area contributed by atoms with Crippen molar-refractivity contribution < 1.29 is 33.3 Å². The van der Waals surface area contributed by atoms with Crippen LogP contribution in [0.1, 0.15) is 56.1 Å². The minimum absolute atomic E-state index is 0.0677. The van der Waals surface area contributed by atoms with Crippen LogP contribution in [0.4, 0.5) is 0 Å². The third-order valence-electron chi connectivity index (χ3n) is 8.06. The van der Waals surface area contributed by atoms with Crippen LogP contribution >= 0.6 is 11.6 Å². The number of unbranched alkanes of at least 4 members (excludes halogenated alkanes) is 1. The molecule has 0 spiro atoms. The number of Topliss-reactive ketones (excluding diaryl/α,β-unsaturated/α-hetero) is 2. The molecule has 0 bridgehead atoms. The smallest absolute Gasteiger partial charge is 0.205 e. The Labute approximate surface area is 304 Å². The number of methoxy groups -OCH3 is 1. The molecule has 0 aliphatic rings. The van der Waals surface area contributed by atoms with Crippen LogP contribution in [0.3, 0.4) is 0 Å². The summed E-state index contributed by atoms with van der Waals surface area (Å²) in [5.74, 6) is 1.27. The van der Waals surface area contributed by atoms with Crippen LogP contribution in [0.2, 0.25) is 5.15 Å². The van der Waals surface area contributed by atoms with E-state index in [0.717, 1.165) is 53.0 Å². The molecule has 0 saturated heterocycles. The molecule has 14 heteroatoms. The number of hydrogen-bond donors (Lipinski definition) is 1. The predicted octanol–water partition coefficient (Wildman–Crippen LogP) is 5.34. The number of carbonyl (C=O) groups excluding carboxylic acids is 2. The van der Waals surface area contributed by atoms with Gasteiger partial charge in [-0.25, -0.2) is 4.98 Å². The molecule has 0 amide bonds. The standard InChI is InChI=1S/C37H49ClN6O7/c1-3-4-11-35-39-36(38)34(17-16-31(46)27-51-26-30(45)8-7-18-48-21-22-50-24-23-49-20-19-47-2)44(35)25-28-12-14-29(15-13-28)32-9-5-6-10-33(32)37-40-42-43-41-37/h5-6,9-10,12-15H,3-4,7-8,11,16-27H2,1-2H3,(H,40,41,42,43). The molecule has 2 aromatic carbocycles. The number of halogens is 1. The molecule has 0 fully saturated rings. The summed E-state index contributed by atoms with van der Waals surface area (Å²) in [5, 5.41) is 14.9. The zero-order valence-electron chi connectivity index (χ0n) is 29.6. The number of benzene rings is 2. The molecule has 2 heterocycles. The Kier molecular flexibility index (Phi) is 17.9. The van der Waals surface area contributed by atoms with Gasteiger partial charge in [0.2, 0.25) is 5.82 Å². The number of tetrazole rings is 1. The molecule has 276 valence electrons. The first-order valence-electron chi connectivity index (χ1n) is 17.5. The monoisotopic (exact) mass is 724 g/mol. The number of nitrogens with zero attached hydrogens (tertiary/aromatic N) is 5. The summed E-state index contributed by atoms with van der Waals surface area (Å²) in [6, 6.07) is 16.3. The number of ether oxygens (including phenoxy) is 5. The van der Waals surface area contributed by atoms with Crippen molar-refractivity contribution in [2.24, 2.45) is 0 Å². The highest BCUT2D eigenvalue weighted by Crippen LogP contribution is 2.30. The van der Waals surface area contributed by atoms with E-state index in [4.69, 9.17) is 35.3 Å². The molecular formula is C37H49ClN6O7. The van der Waals surface area contributed by atoms with Crippen LogP contribution in [0.5, 0.6) is 0 Å². The summed E-state index contributed by atoms with van der Waals surface area (Å²) >= 11 is 6.66. The number of hydrogen-bond acceptors (Lipinski definition) is 11. The fourth-order valence-electron chi connectivity index (χ4n) is 5.37. The fraction of sp³-hybridized carbons (Fsp3) is 0.514. The second kappa shape index (κ2) is 22.9. The van der Waals surface area contributed by atoms with Crippen molar-refractivity contribution in [1.82, 2.24) is 30.2 Å². The zero-order chi connectivity index (χ0) is 36.1. The van der Waals surface area contributed by atoms with Crippen LogP contribution in [0.15, 0.2) is 48.5 Å². The van der Waals surface area contributed by atoms with Crippen molar-refractivity contribution in [1.29, 1.82) is 0 Å². The van der Waals surface area contributed by atoms with E-state index in [9.17, 15) is 9.59 Å². The van der Waals surface area contributed by atoms with Gasteiger partial charge in [-0.15, -0.1) is 10.2 Å². The van der Waals surface area contributed by atoms with Gasteiger partial charge in [-0.2, -0.15) is 5.21 Å². The highest BCUT2D eigenvalue weighted by atomic mass is 35.5. The number of carbonyl (C=O) groups is 2. The Bertz CT molecular complexity index is 1600.